The van der Waals surface area contributed by atoms with E-state index in [4.69, 9.17) is 0 Å². The molecule has 3 rings (SSSR count). The summed E-state index contributed by atoms with van der Waals surface area (Å²) in [6, 6.07) is 12.1. The predicted molar refractivity (Wildman–Crippen MR) is 88.6 cm³/mol. The van der Waals surface area contributed by atoms with Crippen LogP contribution in [0.3, 0.4) is 0 Å². The predicted octanol–water partition coefficient (Wildman–Crippen LogP) is 1.95. The Labute approximate surface area is 137 Å². The molecule has 2 N–H and O–H groups in total. The first-order valence-electron chi connectivity index (χ1n) is 7.32. The van der Waals surface area contributed by atoms with Gasteiger partial charge in [-0.15, -0.1) is 0 Å². The van der Waals surface area contributed by atoms with E-state index in [2.05, 4.69) is 15.6 Å². The molecule has 7 heteroatoms. The van der Waals surface area contributed by atoms with Crippen molar-refractivity contribution in [2.75, 3.05) is 7.05 Å². The molecule has 3 aromatic rings. The van der Waals surface area contributed by atoms with E-state index in [0.717, 1.165) is 0 Å². The van der Waals surface area contributed by atoms with Crippen molar-refractivity contribution >= 4 is 16.9 Å². The Bertz CT molecular complexity index is 951. The van der Waals surface area contributed by atoms with Gasteiger partial charge in [0, 0.05) is 7.05 Å². The molecule has 0 saturated carbocycles. The minimum atomic E-state index is -0.398. The zero-order valence-corrected chi connectivity index (χ0v) is 12.9. The molecule has 0 aliphatic carbocycles. The van der Waals surface area contributed by atoms with Crippen molar-refractivity contribution in [1.82, 2.24) is 20.2 Å². The van der Waals surface area contributed by atoms with Crippen LogP contribution in [0, 0.1) is 5.82 Å². The Balaban J connectivity index is 2.19. The standard InChI is InChI=1S/C17H15FN4O2/c1-19-17(24)20-10-15-21-14-5-3-2-4-13(14)16(23)22(15)12-8-6-11(18)7-9-12/h2-9H,10H2,1H3,(H2,19,20,24). The van der Waals surface area contributed by atoms with Crippen molar-refractivity contribution < 1.29 is 9.18 Å². The molecule has 0 spiro atoms. The smallest absolute Gasteiger partial charge is 0.314 e. The summed E-state index contributed by atoms with van der Waals surface area (Å²) in [5, 5.41) is 5.50. The van der Waals surface area contributed by atoms with Crippen molar-refractivity contribution in [3.05, 3.63) is 70.5 Å². The van der Waals surface area contributed by atoms with E-state index in [-0.39, 0.29) is 18.1 Å². The van der Waals surface area contributed by atoms with Gasteiger partial charge in [0.05, 0.1) is 23.1 Å². The molecule has 0 atom stereocenters. The van der Waals surface area contributed by atoms with Gasteiger partial charge in [-0.2, -0.15) is 0 Å². The Hall–Kier alpha value is -3.22. The molecule has 0 bridgehead atoms. The van der Waals surface area contributed by atoms with Crippen LogP contribution in [0.25, 0.3) is 16.6 Å². The van der Waals surface area contributed by atoms with E-state index in [9.17, 15) is 14.0 Å². The highest BCUT2D eigenvalue weighted by Gasteiger charge is 2.13. The number of carbonyl (C=O) groups is 1. The Kier molecular flexibility index (Phi) is 4.24. The van der Waals surface area contributed by atoms with Crippen molar-refractivity contribution in [2.24, 2.45) is 0 Å². The van der Waals surface area contributed by atoms with Crippen LogP contribution in [0.15, 0.2) is 53.3 Å². The molecule has 122 valence electrons. The molecule has 2 amide bonds. The monoisotopic (exact) mass is 326 g/mol. The molecule has 1 heterocycles. The number of carbonyl (C=O) groups excluding carboxylic acids is 1. The van der Waals surface area contributed by atoms with E-state index < -0.39 is 5.82 Å². The second-order valence-electron chi connectivity index (χ2n) is 5.09. The number of benzene rings is 2. The average Bonchev–Trinajstić information content (AvgIpc) is 2.61. The number of para-hydroxylation sites is 1. The van der Waals surface area contributed by atoms with Crippen molar-refractivity contribution in [3.8, 4) is 5.69 Å². The maximum Gasteiger partial charge on any atom is 0.314 e. The second-order valence-corrected chi connectivity index (χ2v) is 5.09. The number of hydrogen-bond acceptors (Lipinski definition) is 3. The average molecular weight is 326 g/mol. The summed E-state index contributed by atoms with van der Waals surface area (Å²) >= 11 is 0. The lowest BCUT2D eigenvalue weighted by atomic mass is 10.2. The summed E-state index contributed by atoms with van der Waals surface area (Å²) in [4.78, 5) is 28.8. The minimum absolute atomic E-state index is 0.0527. The summed E-state index contributed by atoms with van der Waals surface area (Å²) in [6.45, 7) is 0.0527. The second kappa shape index (κ2) is 6.49. The zero-order chi connectivity index (χ0) is 17.1. The highest BCUT2D eigenvalue weighted by Crippen LogP contribution is 2.13. The number of amides is 2. The number of nitrogens with zero attached hydrogens (tertiary/aromatic N) is 2. The number of nitrogens with one attached hydrogen (secondary N) is 2. The van der Waals surface area contributed by atoms with Crippen LogP contribution in [0.2, 0.25) is 0 Å². The van der Waals surface area contributed by atoms with Gasteiger partial charge in [-0.25, -0.2) is 14.2 Å². The fraction of sp³-hybridized carbons (Fsp3) is 0.118. The van der Waals surface area contributed by atoms with Gasteiger partial charge < -0.3 is 10.6 Å². The molecule has 1 aromatic heterocycles. The quantitative estimate of drug-likeness (QED) is 0.772. The van der Waals surface area contributed by atoms with E-state index in [1.165, 1.54) is 35.9 Å². The number of hydrogen-bond donors (Lipinski definition) is 2. The van der Waals surface area contributed by atoms with E-state index >= 15 is 0 Å². The molecule has 2 aromatic carbocycles. The maximum absolute atomic E-state index is 13.2. The largest absolute Gasteiger partial charge is 0.341 e. The molecular weight excluding hydrogens is 311 g/mol. The molecule has 0 aliphatic rings. The summed E-state index contributed by atoms with van der Waals surface area (Å²) in [5.41, 5.74) is 0.740. The van der Waals surface area contributed by atoms with Crippen LogP contribution in [0.4, 0.5) is 9.18 Å². The molecule has 0 saturated heterocycles. The molecule has 0 fully saturated rings. The lowest BCUT2D eigenvalue weighted by Gasteiger charge is -2.14. The first-order valence-corrected chi connectivity index (χ1v) is 7.32. The van der Waals surface area contributed by atoms with Gasteiger partial charge in [-0.05, 0) is 36.4 Å². The summed E-state index contributed by atoms with van der Waals surface area (Å²) in [7, 11) is 1.50. The zero-order valence-electron chi connectivity index (χ0n) is 12.9. The van der Waals surface area contributed by atoms with E-state index in [1.807, 2.05) is 0 Å². The Morgan fingerprint density at radius 2 is 1.88 bits per heavy atom. The van der Waals surface area contributed by atoms with Crippen LogP contribution in [-0.4, -0.2) is 22.6 Å². The molecular formula is C17H15FN4O2. The van der Waals surface area contributed by atoms with Gasteiger partial charge >= 0.3 is 6.03 Å². The third-order valence-electron chi connectivity index (χ3n) is 3.56. The molecule has 24 heavy (non-hydrogen) atoms. The lowest BCUT2D eigenvalue weighted by Crippen LogP contribution is -2.35. The fourth-order valence-electron chi connectivity index (χ4n) is 2.40. The molecule has 0 unspecified atom stereocenters. The van der Waals surface area contributed by atoms with Gasteiger partial charge in [0.15, 0.2) is 0 Å². The minimum Gasteiger partial charge on any atom is -0.341 e. The number of halogens is 1. The Morgan fingerprint density at radius 3 is 2.58 bits per heavy atom. The first-order chi connectivity index (χ1) is 11.6. The summed E-state index contributed by atoms with van der Waals surface area (Å²) in [5.74, 6) is -0.0421. The Morgan fingerprint density at radius 1 is 1.17 bits per heavy atom. The molecule has 6 nitrogen and oxygen atoms in total. The van der Waals surface area contributed by atoms with Gasteiger partial charge in [0.25, 0.3) is 5.56 Å². The van der Waals surface area contributed by atoms with E-state index in [0.29, 0.717) is 22.4 Å². The van der Waals surface area contributed by atoms with Gasteiger partial charge in [0.1, 0.15) is 11.6 Å². The topological polar surface area (TPSA) is 76.0 Å². The van der Waals surface area contributed by atoms with Crippen LogP contribution < -0.4 is 16.2 Å². The molecule has 0 radical (unpaired) electrons. The molecule has 0 aliphatic heterocycles. The van der Waals surface area contributed by atoms with Crippen LogP contribution in [0.1, 0.15) is 5.82 Å². The highest BCUT2D eigenvalue weighted by molar-refractivity contribution is 5.78. The van der Waals surface area contributed by atoms with Crippen LogP contribution in [0.5, 0.6) is 0 Å². The number of urea groups is 1. The van der Waals surface area contributed by atoms with Crippen LogP contribution in [-0.2, 0) is 6.54 Å². The third kappa shape index (κ3) is 2.96. The number of fused-ring (bicyclic) bond motifs is 1. The van der Waals surface area contributed by atoms with Crippen molar-refractivity contribution in [1.29, 1.82) is 0 Å². The maximum atomic E-state index is 13.2. The summed E-state index contributed by atoms with van der Waals surface area (Å²) in [6.07, 6.45) is 0. The van der Waals surface area contributed by atoms with Gasteiger partial charge in [0.2, 0.25) is 0 Å². The first kappa shape index (κ1) is 15.7. The summed E-state index contributed by atoms with van der Waals surface area (Å²) < 4.78 is 14.6. The van der Waals surface area contributed by atoms with E-state index in [1.54, 1.807) is 24.3 Å². The number of rotatable bonds is 3. The number of aromatic nitrogens is 2. The van der Waals surface area contributed by atoms with Gasteiger partial charge in [-0.3, -0.25) is 9.36 Å². The van der Waals surface area contributed by atoms with Crippen LogP contribution >= 0.6 is 0 Å². The normalized spacial score (nSPS) is 10.6. The van der Waals surface area contributed by atoms with Crippen molar-refractivity contribution in [3.63, 3.8) is 0 Å². The lowest BCUT2D eigenvalue weighted by molar-refractivity contribution is 0.242. The third-order valence-corrected chi connectivity index (χ3v) is 3.56. The fourth-order valence-corrected chi connectivity index (χ4v) is 2.40. The SMILES string of the molecule is CNC(=O)NCc1nc2ccccc2c(=O)n1-c1ccc(F)cc1. The highest BCUT2D eigenvalue weighted by atomic mass is 19.1. The van der Waals surface area contributed by atoms with Gasteiger partial charge in [-0.1, -0.05) is 12.1 Å². The van der Waals surface area contributed by atoms with Crippen molar-refractivity contribution in [2.45, 2.75) is 6.54 Å².